The van der Waals surface area contributed by atoms with Crippen molar-refractivity contribution in [2.24, 2.45) is 5.10 Å². The lowest BCUT2D eigenvalue weighted by Crippen LogP contribution is -2.17. The summed E-state index contributed by atoms with van der Waals surface area (Å²) in [6.45, 7) is 0. The van der Waals surface area contributed by atoms with Crippen LogP contribution in [0.5, 0.6) is 11.5 Å². The number of nitrogens with zero attached hydrogens (tertiary/aromatic N) is 1. The van der Waals surface area contributed by atoms with E-state index in [2.05, 4.69) is 10.5 Å². The first-order chi connectivity index (χ1) is 11.6. The highest BCUT2D eigenvalue weighted by Crippen LogP contribution is 2.27. The highest BCUT2D eigenvalue weighted by Gasteiger charge is 2.09. The van der Waals surface area contributed by atoms with Gasteiger partial charge in [-0.1, -0.05) is 41.9 Å². The fourth-order valence-corrected chi connectivity index (χ4v) is 2.12. The number of hydrogen-bond acceptors (Lipinski definition) is 4. The Morgan fingerprint density at radius 1 is 1.08 bits per heavy atom. The number of amides is 1. The monoisotopic (exact) mass is 344 g/mol. The molecule has 24 heavy (non-hydrogen) atoms. The molecule has 0 aliphatic rings. The summed E-state index contributed by atoms with van der Waals surface area (Å²) in [5.41, 5.74) is 3.75. The zero-order chi connectivity index (χ0) is 17.4. The molecule has 0 unspecified atom stereocenters. The van der Waals surface area contributed by atoms with Crippen molar-refractivity contribution in [3.8, 4) is 11.5 Å². The number of halogens is 1. The summed E-state index contributed by atoms with van der Waals surface area (Å²) in [5.74, 6) is 0.638. The molecule has 0 saturated carbocycles. The van der Waals surface area contributed by atoms with Gasteiger partial charge < -0.3 is 9.47 Å². The molecule has 0 saturated heterocycles. The smallest absolute Gasteiger partial charge is 0.271 e. The minimum Gasteiger partial charge on any atom is -0.493 e. The lowest BCUT2D eigenvalue weighted by atomic mass is 10.2. The average Bonchev–Trinajstić information content (AvgIpc) is 2.61. The van der Waals surface area contributed by atoms with Crippen molar-refractivity contribution in [1.82, 2.24) is 5.43 Å². The number of rotatable bonds is 6. The number of hydrogen-bond donors (Lipinski definition) is 1. The first-order valence-electron chi connectivity index (χ1n) is 7.11. The third-order valence-corrected chi connectivity index (χ3v) is 3.31. The van der Waals surface area contributed by atoms with Gasteiger partial charge in [0.25, 0.3) is 5.91 Å². The van der Waals surface area contributed by atoms with Gasteiger partial charge in [-0.3, -0.25) is 4.79 Å². The minimum absolute atomic E-state index is 0.378. The molecule has 0 atom stereocenters. The Morgan fingerprint density at radius 2 is 1.79 bits per heavy atom. The number of nitrogens with one attached hydrogen (secondary N) is 1. The average molecular weight is 345 g/mol. The molecule has 0 spiro atoms. The van der Waals surface area contributed by atoms with E-state index in [0.717, 1.165) is 5.56 Å². The summed E-state index contributed by atoms with van der Waals surface area (Å²) in [6, 6.07) is 14.4. The normalized spacial score (nSPS) is 11.4. The van der Waals surface area contributed by atoms with Crippen LogP contribution in [0.2, 0.25) is 0 Å². The van der Waals surface area contributed by atoms with Gasteiger partial charge in [0.1, 0.15) is 0 Å². The van der Waals surface area contributed by atoms with Crippen LogP contribution in [-0.4, -0.2) is 26.3 Å². The number of carbonyl (C=O) groups excluding carboxylic acids is 1. The molecule has 0 aromatic heterocycles. The van der Waals surface area contributed by atoms with Crippen molar-refractivity contribution in [1.29, 1.82) is 0 Å². The molecule has 6 heteroatoms. The van der Waals surface area contributed by atoms with E-state index in [9.17, 15) is 4.79 Å². The van der Waals surface area contributed by atoms with Gasteiger partial charge in [0.2, 0.25) is 0 Å². The van der Waals surface area contributed by atoms with Crippen molar-refractivity contribution in [2.45, 2.75) is 0 Å². The Kier molecular flexibility index (Phi) is 6.40. The van der Waals surface area contributed by atoms with Crippen LogP contribution in [0.4, 0.5) is 0 Å². The molecule has 1 N–H and O–H groups in total. The molecule has 0 fully saturated rings. The molecule has 0 radical (unpaired) electrons. The molecule has 124 valence electrons. The maximum atomic E-state index is 12.1. The SMILES string of the molecule is COc1ccc(C(=O)N/N=C\C(Cl)=C\c2ccccc2)cc1OC. The summed E-state index contributed by atoms with van der Waals surface area (Å²) in [7, 11) is 3.04. The van der Waals surface area contributed by atoms with Crippen molar-refractivity contribution < 1.29 is 14.3 Å². The van der Waals surface area contributed by atoms with E-state index in [-0.39, 0.29) is 5.91 Å². The van der Waals surface area contributed by atoms with E-state index in [1.807, 2.05) is 30.3 Å². The van der Waals surface area contributed by atoms with E-state index in [1.54, 1.807) is 24.3 Å². The Bertz CT molecular complexity index is 758. The first-order valence-corrected chi connectivity index (χ1v) is 7.49. The van der Waals surface area contributed by atoms with Gasteiger partial charge in [-0.15, -0.1) is 0 Å². The Labute approximate surface area is 145 Å². The molecule has 1 amide bonds. The largest absolute Gasteiger partial charge is 0.493 e. The number of allylic oxidation sites excluding steroid dienone is 1. The molecule has 2 rings (SSSR count). The van der Waals surface area contributed by atoms with E-state index in [4.69, 9.17) is 21.1 Å². The summed E-state index contributed by atoms with van der Waals surface area (Å²) in [6.07, 6.45) is 3.11. The quantitative estimate of drug-likeness (QED) is 0.642. The van der Waals surface area contributed by atoms with Gasteiger partial charge in [-0.25, -0.2) is 5.43 Å². The van der Waals surface area contributed by atoms with E-state index >= 15 is 0 Å². The Morgan fingerprint density at radius 3 is 2.46 bits per heavy atom. The predicted octanol–water partition coefficient (Wildman–Crippen LogP) is 3.70. The second-order valence-electron chi connectivity index (χ2n) is 4.71. The lowest BCUT2D eigenvalue weighted by Gasteiger charge is -2.08. The molecule has 0 bridgehead atoms. The Hall–Kier alpha value is -2.79. The lowest BCUT2D eigenvalue weighted by molar-refractivity contribution is 0.0954. The Balaban J connectivity index is 2.01. The fourth-order valence-electron chi connectivity index (χ4n) is 1.94. The predicted molar refractivity (Wildman–Crippen MR) is 95.8 cm³/mol. The van der Waals surface area contributed by atoms with Crippen LogP contribution < -0.4 is 14.9 Å². The fraction of sp³-hybridized carbons (Fsp3) is 0.111. The van der Waals surface area contributed by atoms with Gasteiger partial charge in [0.15, 0.2) is 11.5 Å². The van der Waals surface area contributed by atoms with Crippen molar-refractivity contribution >= 4 is 29.8 Å². The van der Waals surface area contributed by atoms with Gasteiger partial charge in [-0.2, -0.15) is 5.10 Å². The summed E-state index contributed by atoms with van der Waals surface area (Å²) in [5, 5.41) is 4.24. The third-order valence-electron chi connectivity index (χ3n) is 3.10. The number of methoxy groups -OCH3 is 2. The zero-order valence-electron chi connectivity index (χ0n) is 13.3. The maximum absolute atomic E-state index is 12.1. The van der Waals surface area contributed by atoms with Gasteiger partial charge in [0.05, 0.1) is 25.5 Å². The highest BCUT2D eigenvalue weighted by atomic mass is 35.5. The van der Waals surface area contributed by atoms with Crippen molar-refractivity contribution in [3.05, 3.63) is 64.7 Å². The third kappa shape index (κ3) is 4.86. The van der Waals surface area contributed by atoms with Crippen molar-refractivity contribution in [3.63, 3.8) is 0 Å². The molecule has 2 aromatic carbocycles. The van der Waals surface area contributed by atoms with Crippen LogP contribution in [0.1, 0.15) is 15.9 Å². The molecular formula is C18H17ClN2O3. The molecule has 0 heterocycles. The molecule has 0 aliphatic heterocycles. The minimum atomic E-state index is -0.378. The number of ether oxygens (including phenoxy) is 2. The summed E-state index contributed by atoms with van der Waals surface area (Å²) < 4.78 is 10.3. The molecule has 0 aliphatic carbocycles. The standard InChI is InChI=1S/C18H17ClN2O3/c1-23-16-9-8-14(11-17(16)24-2)18(22)21-20-12-15(19)10-13-6-4-3-5-7-13/h3-12H,1-2H3,(H,21,22)/b15-10-,20-12-. The van der Waals surface area contributed by atoms with Crippen LogP contribution in [0.3, 0.4) is 0 Å². The zero-order valence-corrected chi connectivity index (χ0v) is 14.1. The summed E-state index contributed by atoms with van der Waals surface area (Å²) in [4.78, 5) is 12.1. The highest BCUT2D eigenvalue weighted by molar-refractivity contribution is 6.41. The van der Waals surface area contributed by atoms with E-state index in [0.29, 0.717) is 22.1 Å². The van der Waals surface area contributed by atoms with Crippen LogP contribution in [0.15, 0.2) is 58.7 Å². The molecule has 5 nitrogen and oxygen atoms in total. The molecular weight excluding hydrogens is 328 g/mol. The topological polar surface area (TPSA) is 59.9 Å². The van der Waals surface area contributed by atoms with E-state index in [1.165, 1.54) is 20.4 Å². The number of benzene rings is 2. The van der Waals surface area contributed by atoms with Crippen LogP contribution in [-0.2, 0) is 0 Å². The van der Waals surface area contributed by atoms with Crippen LogP contribution >= 0.6 is 11.6 Å². The van der Waals surface area contributed by atoms with Crippen molar-refractivity contribution in [2.75, 3.05) is 14.2 Å². The number of hydrazone groups is 1. The van der Waals surface area contributed by atoms with Crippen LogP contribution in [0, 0.1) is 0 Å². The van der Waals surface area contributed by atoms with E-state index < -0.39 is 0 Å². The van der Waals surface area contributed by atoms with Gasteiger partial charge >= 0.3 is 0 Å². The second-order valence-corrected chi connectivity index (χ2v) is 5.15. The summed E-state index contributed by atoms with van der Waals surface area (Å²) >= 11 is 6.06. The van der Waals surface area contributed by atoms with Gasteiger partial charge in [-0.05, 0) is 29.8 Å². The molecule has 2 aromatic rings. The van der Waals surface area contributed by atoms with Crippen LogP contribution in [0.25, 0.3) is 6.08 Å². The number of carbonyl (C=O) groups is 1. The first kappa shape index (κ1) is 17.6. The second kappa shape index (κ2) is 8.74. The van der Waals surface area contributed by atoms with Gasteiger partial charge in [0, 0.05) is 5.56 Å². The maximum Gasteiger partial charge on any atom is 0.271 e.